The number of hydrogen-bond donors (Lipinski definition) is 9. The van der Waals surface area contributed by atoms with E-state index in [1.165, 1.54) is 0 Å². The van der Waals surface area contributed by atoms with Crippen molar-refractivity contribution in [2.45, 2.75) is 83.0 Å². The van der Waals surface area contributed by atoms with Crippen LogP contribution < -0.4 is 38.9 Å². The largest absolute Gasteiger partial charge is 0.481 e. The van der Waals surface area contributed by atoms with Crippen LogP contribution in [0.15, 0.2) is 4.99 Å². The normalized spacial score (nSPS) is 14.1. The molecule has 15 heteroatoms. The van der Waals surface area contributed by atoms with Gasteiger partial charge in [-0.15, -0.1) is 0 Å². The zero-order valence-corrected chi connectivity index (χ0v) is 21.4. The Hall–Kier alpha value is -3.46. The van der Waals surface area contributed by atoms with Gasteiger partial charge in [0.15, 0.2) is 5.96 Å². The fourth-order valence-corrected chi connectivity index (χ4v) is 3.31. The first-order valence-corrected chi connectivity index (χ1v) is 12.1. The van der Waals surface area contributed by atoms with Crippen molar-refractivity contribution < 1.29 is 34.2 Å². The van der Waals surface area contributed by atoms with E-state index >= 15 is 0 Å². The molecule has 0 saturated heterocycles. The lowest BCUT2D eigenvalue weighted by Crippen LogP contribution is -2.57. The molecule has 4 unspecified atom stereocenters. The monoisotopic (exact) mass is 530 g/mol. The average Bonchev–Trinajstić information content (AvgIpc) is 2.78. The van der Waals surface area contributed by atoms with Gasteiger partial charge in [-0.25, -0.2) is 4.79 Å². The van der Waals surface area contributed by atoms with Gasteiger partial charge in [-0.1, -0.05) is 20.3 Å². The molecule has 0 saturated carbocycles. The third-order valence-corrected chi connectivity index (χ3v) is 5.22. The number of unbranched alkanes of at least 4 members (excludes halogenated alkanes) is 1. The molecule has 0 rings (SSSR count). The zero-order valence-electron chi connectivity index (χ0n) is 21.4. The number of aliphatic imine (C=N–C) groups is 1. The summed E-state index contributed by atoms with van der Waals surface area (Å²) in [6.07, 6.45) is 1.21. The van der Waals surface area contributed by atoms with Gasteiger partial charge in [0.05, 0.1) is 12.5 Å². The van der Waals surface area contributed by atoms with Crippen LogP contribution in [0.2, 0.25) is 0 Å². The van der Waals surface area contributed by atoms with E-state index in [4.69, 9.17) is 22.9 Å². The maximum Gasteiger partial charge on any atom is 0.326 e. The quantitative estimate of drug-likeness (QED) is 0.0480. The lowest BCUT2D eigenvalue weighted by Gasteiger charge is -2.25. The number of carbonyl (C=O) groups excluding carboxylic acids is 3. The molecule has 4 atom stereocenters. The number of rotatable bonds is 19. The van der Waals surface area contributed by atoms with Gasteiger partial charge in [-0.05, 0) is 44.6 Å². The van der Waals surface area contributed by atoms with Crippen molar-refractivity contribution in [1.82, 2.24) is 16.0 Å². The molecule has 0 fully saturated rings. The minimum absolute atomic E-state index is 0.0277. The van der Waals surface area contributed by atoms with Crippen LogP contribution in [0.5, 0.6) is 0 Å². The SMILES string of the molecule is CC(C)CC(NC(=O)C(CC(=O)O)NC(=O)C(N)CCCCN)C(=O)NC(CCCN=C(N)N)C(=O)O. The predicted octanol–water partition coefficient (Wildman–Crippen LogP) is -2.44. The van der Waals surface area contributed by atoms with Gasteiger partial charge in [0.2, 0.25) is 17.7 Å². The summed E-state index contributed by atoms with van der Waals surface area (Å²) in [4.78, 5) is 64.9. The van der Waals surface area contributed by atoms with Crippen molar-refractivity contribution in [3.05, 3.63) is 0 Å². The van der Waals surface area contributed by atoms with Crippen LogP contribution in [-0.4, -0.2) is 83.1 Å². The topological polar surface area (TPSA) is 278 Å². The molecule has 0 spiro atoms. The second-order valence-electron chi connectivity index (χ2n) is 9.09. The van der Waals surface area contributed by atoms with Crippen LogP contribution in [0, 0.1) is 5.92 Å². The molecule has 0 aliphatic carbocycles. The Balaban J connectivity index is 5.43. The highest BCUT2D eigenvalue weighted by atomic mass is 16.4. The van der Waals surface area contributed by atoms with Crippen molar-refractivity contribution in [3.63, 3.8) is 0 Å². The molecule has 0 aromatic heterocycles. The van der Waals surface area contributed by atoms with Crippen LogP contribution in [0.1, 0.15) is 58.8 Å². The zero-order chi connectivity index (χ0) is 28.5. The molecule has 212 valence electrons. The molecule has 0 aliphatic heterocycles. The number of aliphatic carboxylic acids is 2. The Morgan fingerprint density at radius 3 is 1.89 bits per heavy atom. The van der Waals surface area contributed by atoms with Gasteiger partial charge >= 0.3 is 11.9 Å². The van der Waals surface area contributed by atoms with Gasteiger partial charge in [0.1, 0.15) is 18.1 Å². The van der Waals surface area contributed by atoms with Crippen LogP contribution in [0.3, 0.4) is 0 Å². The second kappa shape index (κ2) is 17.9. The van der Waals surface area contributed by atoms with Crippen LogP contribution in [0.25, 0.3) is 0 Å². The number of guanidine groups is 1. The van der Waals surface area contributed by atoms with Crippen LogP contribution in [0.4, 0.5) is 0 Å². The second-order valence-corrected chi connectivity index (χ2v) is 9.09. The van der Waals surface area contributed by atoms with Gasteiger partial charge in [0, 0.05) is 6.54 Å². The van der Waals surface area contributed by atoms with Crippen molar-refractivity contribution in [1.29, 1.82) is 0 Å². The number of amides is 3. The van der Waals surface area contributed by atoms with Gasteiger partial charge in [0.25, 0.3) is 0 Å². The number of nitrogens with zero attached hydrogens (tertiary/aromatic N) is 1. The van der Waals surface area contributed by atoms with Crippen LogP contribution in [-0.2, 0) is 24.0 Å². The third kappa shape index (κ3) is 15.3. The van der Waals surface area contributed by atoms with Gasteiger partial charge in [-0.3, -0.25) is 24.2 Å². The van der Waals surface area contributed by atoms with E-state index in [2.05, 4.69) is 20.9 Å². The lowest BCUT2D eigenvalue weighted by molar-refractivity contribution is -0.143. The summed E-state index contributed by atoms with van der Waals surface area (Å²) in [5, 5.41) is 25.8. The number of nitrogens with two attached hydrogens (primary N) is 4. The highest BCUT2D eigenvalue weighted by Gasteiger charge is 2.31. The molecule has 37 heavy (non-hydrogen) atoms. The molecule has 3 amide bonds. The number of hydrogen-bond acceptors (Lipinski definition) is 8. The third-order valence-electron chi connectivity index (χ3n) is 5.22. The minimum atomic E-state index is -1.50. The van der Waals surface area contributed by atoms with E-state index in [9.17, 15) is 34.2 Å². The molecule has 0 aliphatic rings. The van der Waals surface area contributed by atoms with Crippen molar-refractivity contribution in [2.24, 2.45) is 33.8 Å². The smallest absolute Gasteiger partial charge is 0.326 e. The summed E-state index contributed by atoms with van der Waals surface area (Å²) in [5.41, 5.74) is 21.7. The number of carboxylic acids is 2. The standard InChI is InChI=1S/C22H42N8O7/c1-12(2)10-15(19(34)28-14(21(36)37)7-5-9-27-22(25)26)30-20(35)16(11-17(31)32)29-18(33)13(24)6-3-4-8-23/h12-16H,3-11,23-24H2,1-2H3,(H,28,34)(H,29,33)(H,30,35)(H,31,32)(H,36,37)(H4,25,26,27). The lowest BCUT2D eigenvalue weighted by atomic mass is 10.0. The average molecular weight is 531 g/mol. The highest BCUT2D eigenvalue weighted by molar-refractivity contribution is 5.95. The van der Waals surface area contributed by atoms with Crippen molar-refractivity contribution in [3.8, 4) is 0 Å². The summed E-state index contributed by atoms with van der Waals surface area (Å²) < 4.78 is 0. The first-order chi connectivity index (χ1) is 17.3. The summed E-state index contributed by atoms with van der Waals surface area (Å²) in [5.74, 6) is -5.27. The van der Waals surface area contributed by atoms with Gasteiger partial charge < -0.3 is 49.1 Å². The van der Waals surface area contributed by atoms with E-state index in [0.717, 1.165) is 0 Å². The van der Waals surface area contributed by atoms with Crippen molar-refractivity contribution in [2.75, 3.05) is 13.1 Å². The van der Waals surface area contributed by atoms with E-state index in [0.29, 0.717) is 25.8 Å². The number of carbonyl (C=O) groups is 5. The van der Waals surface area contributed by atoms with E-state index in [1.54, 1.807) is 13.8 Å². The van der Waals surface area contributed by atoms with E-state index in [-0.39, 0.29) is 37.7 Å². The molecule has 0 bridgehead atoms. The Morgan fingerprint density at radius 1 is 0.811 bits per heavy atom. The van der Waals surface area contributed by atoms with Gasteiger partial charge in [-0.2, -0.15) is 0 Å². The molecule has 15 nitrogen and oxygen atoms in total. The Kier molecular flexibility index (Phi) is 16.2. The maximum atomic E-state index is 12.9. The number of nitrogens with one attached hydrogen (secondary N) is 3. The molecule has 0 radical (unpaired) electrons. The Labute approximate surface area is 216 Å². The molecule has 13 N–H and O–H groups in total. The Bertz CT molecular complexity index is 802. The maximum absolute atomic E-state index is 12.9. The fourth-order valence-electron chi connectivity index (χ4n) is 3.31. The minimum Gasteiger partial charge on any atom is -0.481 e. The van der Waals surface area contributed by atoms with E-state index < -0.39 is 60.2 Å². The molecular formula is C22H42N8O7. The molecular weight excluding hydrogens is 488 g/mol. The van der Waals surface area contributed by atoms with E-state index in [1.807, 2.05) is 0 Å². The Morgan fingerprint density at radius 2 is 1.38 bits per heavy atom. The summed E-state index contributed by atoms with van der Waals surface area (Å²) in [7, 11) is 0. The van der Waals surface area contributed by atoms with Crippen molar-refractivity contribution >= 4 is 35.6 Å². The first kappa shape index (κ1) is 33.5. The fraction of sp³-hybridized carbons (Fsp3) is 0.727. The summed E-state index contributed by atoms with van der Waals surface area (Å²) >= 11 is 0. The summed E-state index contributed by atoms with van der Waals surface area (Å²) in [6, 6.07) is -4.92. The van der Waals surface area contributed by atoms with Crippen LogP contribution >= 0.6 is 0 Å². The number of carboxylic acid groups (broad SMARTS) is 2. The predicted molar refractivity (Wildman–Crippen MR) is 136 cm³/mol. The first-order valence-electron chi connectivity index (χ1n) is 12.1. The summed E-state index contributed by atoms with van der Waals surface area (Å²) in [6.45, 7) is 4.16. The molecule has 0 aromatic rings. The molecule has 0 aromatic carbocycles. The highest BCUT2D eigenvalue weighted by Crippen LogP contribution is 2.08. The molecule has 0 heterocycles.